The predicted molar refractivity (Wildman–Crippen MR) is 79.7 cm³/mol. The average Bonchev–Trinajstić information content (AvgIpc) is 2.42. The molecule has 0 atom stereocenters. The molecule has 0 aromatic carbocycles. The van der Waals surface area contributed by atoms with Gasteiger partial charge >= 0.3 is 5.69 Å². The summed E-state index contributed by atoms with van der Waals surface area (Å²) in [6.07, 6.45) is 0. The first-order valence-corrected chi connectivity index (χ1v) is 7.39. The molecule has 0 spiro atoms. The summed E-state index contributed by atoms with van der Waals surface area (Å²) in [5.41, 5.74) is 1.02. The number of nitrogens with zero attached hydrogens (tertiary/aromatic N) is 4. The van der Waals surface area contributed by atoms with Gasteiger partial charge in [-0.25, -0.2) is 4.79 Å². The van der Waals surface area contributed by atoms with Gasteiger partial charge in [-0.3, -0.25) is 9.36 Å². The van der Waals surface area contributed by atoms with Gasteiger partial charge < -0.3 is 9.80 Å². The maximum Gasteiger partial charge on any atom is 0.348 e. The number of carbonyl (C=O) groups is 1. The molecular formula is C13H19BrN4O2. The summed E-state index contributed by atoms with van der Waals surface area (Å²) >= 11 is 3.40. The van der Waals surface area contributed by atoms with Gasteiger partial charge in [-0.15, -0.1) is 0 Å². The Hall–Kier alpha value is -1.21. The number of hydrogen-bond donors (Lipinski definition) is 0. The van der Waals surface area contributed by atoms with Crippen LogP contribution in [0.5, 0.6) is 0 Å². The Kier molecular flexibility index (Phi) is 4.59. The lowest BCUT2D eigenvalue weighted by atomic mass is 10.3. The van der Waals surface area contributed by atoms with Crippen molar-refractivity contribution in [1.29, 1.82) is 0 Å². The molecule has 2 heterocycles. The van der Waals surface area contributed by atoms with Crippen LogP contribution in [0.3, 0.4) is 0 Å². The molecule has 2 rings (SSSR count). The first-order valence-electron chi connectivity index (χ1n) is 6.60. The zero-order chi connectivity index (χ0) is 14.9. The molecule has 1 fully saturated rings. The number of aromatic nitrogens is 2. The molecule has 20 heavy (non-hydrogen) atoms. The second-order valence-corrected chi connectivity index (χ2v) is 5.94. The van der Waals surface area contributed by atoms with Crippen molar-refractivity contribution in [1.82, 2.24) is 19.4 Å². The zero-order valence-electron chi connectivity index (χ0n) is 12.0. The summed E-state index contributed by atoms with van der Waals surface area (Å²) in [4.78, 5) is 32.1. The molecule has 1 aliphatic heterocycles. The number of halogens is 1. The first kappa shape index (κ1) is 15.2. The van der Waals surface area contributed by atoms with E-state index >= 15 is 0 Å². The van der Waals surface area contributed by atoms with Crippen molar-refractivity contribution in [2.45, 2.75) is 20.4 Å². The minimum absolute atomic E-state index is 0.0270. The fourth-order valence-electron chi connectivity index (χ4n) is 2.25. The molecule has 1 saturated heterocycles. The Morgan fingerprint density at radius 1 is 1.25 bits per heavy atom. The van der Waals surface area contributed by atoms with Crippen LogP contribution in [0, 0.1) is 13.8 Å². The molecular weight excluding hydrogens is 324 g/mol. The highest BCUT2D eigenvalue weighted by Gasteiger charge is 2.20. The van der Waals surface area contributed by atoms with E-state index in [9.17, 15) is 9.59 Å². The van der Waals surface area contributed by atoms with Crippen molar-refractivity contribution >= 4 is 21.8 Å². The topological polar surface area (TPSA) is 58.4 Å². The van der Waals surface area contributed by atoms with Crippen LogP contribution in [0.2, 0.25) is 0 Å². The second-order valence-electron chi connectivity index (χ2n) is 5.15. The number of likely N-dealkylation sites (N-methyl/N-ethyl adjacent to an activating group) is 1. The van der Waals surface area contributed by atoms with Crippen LogP contribution in [0.4, 0.5) is 0 Å². The van der Waals surface area contributed by atoms with Gasteiger partial charge in [0.05, 0.1) is 10.2 Å². The third-order valence-corrected chi connectivity index (χ3v) is 4.83. The summed E-state index contributed by atoms with van der Waals surface area (Å²) in [6, 6.07) is 0. The lowest BCUT2D eigenvalue weighted by Gasteiger charge is -2.32. The zero-order valence-corrected chi connectivity index (χ0v) is 13.6. The van der Waals surface area contributed by atoms with E-state index in [1.807, 2.05) is 14.0 Å². The Morgan fingerprint density at radius 3 is 2.45 bits per heavy atom. The highest BCUT2D eigenvalue weighted by molar-refractivity contribution is 9.10. The normalized spacial score (nSPS) is 16.5. The van der Waals surface area contributed by atoms with E-state index in [0.29, 0.717) is 18.8 Å². The lowest BCUT2D eigenvalue weighted by molar-refractivity contribution is -0.133. The lowest BCUT2D eigenvalue weighted by Crippen LogP contribution is -2.48. The Labute approximate surface area is 126 Å². The van der Waals surface area contributed by atoms with Gasteiger partial charge in [0.15, 0.2) is 0 Å². The quantitative estimate of drug-likeness (QED) is 0.780. The molecule has 0 bridgehead atoms. The number of amides is 1. The average molecular weight is 343 g/mol. The molecule has 1 aromatic rings. The predicted octanol–water partition coefficient (Wildman–Crippen LogP) is 0.397. The maximum atomic E-state index is 12.3. The maximum absolute atomic E-state index is 12.3. The van der Waals surface area contributed by atoms with Crippen molar-refractivity contribution in [2.24, 2.45) is 0 Å². The van der Waals surface area contributed by atoms with Crippen molar-refractivity contribution in [2.75, 3.05) is 33.2 Å². The van der Waals surface area contributed by atoms with Crippen LogP contribution >= 0.6 is 15.9 Å². The number of aryl methyl sites for hydroxylation is 1. The summed E-state index contributed by atoms with van der Waals surface area (Å²) in [5, 5.41) is 0. The molecule has 6 nitrogen and oxygen atoms in total. The Bertz CT molecular complexity index is 576. The fourth-order valence-corrected chi connectivity index (χ4v) is 2.56. The molecule has 0 aliphatic carbocycles. The van der Waals surface area contributed by atoms with Crippen molar-refractivity contribution in [3.8, 4) is 0 Å². The Morgan fingerprint density at radius 2 is 1.85 bits per heavy atom. The van der Waals surface area contributed by atoms with Crippen LogP contribution < -0.4 is 5.69 Å². The third kappa shape index (κ3) is 3.09. The van der Waals surface area contributed by atoms with E-state index in [-0.39, 0.29) is 18.1 Å². The number of carbonyl (C=O) groups excluding carboxylic acids is 1. The van der Waals surface area contributed by atoms with Crippen molar-refractivity contribution < 1.29 is 4.79 Å². The number of hydrogen-bond acceptors (Lipinski definition) is 4. The largest absolute Gasteiger partial charge is 0.348 e. The van der Waals surface area contributed by atoms with Crippen LogP contribution in [0.25, 0.3) is 0 Å². The van der Waals surface area contributed by atoms with E-state index in [1.165, 1.54) is 4.57 Å². The monoisotopic (exact) mass is 342 g/mol. The minimum atomic E-state index is -0.370. The van der Waals surface area contributed by atoms with E-state index in [4.69, 9.17) is 0 Å². The van der Waals surface area contributed by atoms with Gasteiger partial charge in [0.1, 0.15) is 6.54 Å². The molecule has 7 heteroatoms. The van der Waals surface area contributed by atoms with Gasteiger partial charge in [0.2, 0.25) is 5.91 Å². The summed E-state index contributed by atoms with van der Waals surface area (Å²) in [7, 11) is 2.04. The van der Waals surface area contributed by atoms with E-state index in [2.05, 4.69) is 25.8 Å². The van der Waals surface area contributed by atoms with Crippen LogP contribution in [-0.4, -0.2) is 58.5 Å². The molecule has 0 unspecified atom stereocenters. The standard InChI is InChI=1S/C13H19BrN4O2/c1-9-12(14)10(2)18(13(20)15-9)8-11(19)17-6-4-16(3)5-7-17/h4-8H2,1-3H3. The summed E-state index contributed by atoms with van der Waals surface area (Å²) in [5.74, 6) is -0.0270. The highest BCUT2D eigenvalue weighted by Crippen LogP contribution is 2.16. The van der Waals surface area contributed by atoms with Gasteiger partial charge in [0.25, 0.3) is 0 Å². The smallest absolute Gasteiger partial charge is 0.339 e. The second kappa shape index (κ2) is 6.05. The minimum Gasteiger partial charge on any atom is -0.339 e. The summed E-state index contributed by atoms with van der Waals surface area (Å²) < 4.78 is 2.21. The van der Waals surface area contributed by atoms with E-state index < -0.39 is 0 Å². The number of rotatable bonds is 2. The van der Waals surface area contributed by atoms with Crippen LogP contribution in [0.1, 0.15) is 11.4 Å². The van der Waals surface area contributed by atoms with E-state index in [0.717, 1.165) is 23.3 Å². The van der Waals surface area contributed by atoms with Crippen LogP contribution in [0.15, 0.2) is 9.27 Å². The van der Waals surface area contributed by atoms with Crippen LogP contribution in [-0.2, 0) is 11.3 Å². The van der Waals surface area contributed by atoms with Gasteiger partial charge in [-0.2, -0.15) is 4.98 Å². The van der Waals surface area contributed by atoms with Crippen molar-refractivity contribution in [3.05, 3.63) is 26.3 Å². The Balaban J connectivity index is 2.16. The summed E-state index contributed by atoms with van der Waals surface area (Å²) in [6.45, 7) is 6.81. The molecule has 1 aromatic heterocycles. The third-order valence-electron chi connectivity index (χ3n) is 3.68. The molecule has 1 aliphatic rings. The van der Waals surface area contributed by atoms with Gasteiger partial charge in [0, 0.05) is 31.9 Å². The molecule has 1 amide bonds. The molecule has 0 saturated carbocycles. The molecule has 110 valence electrons. The van der Waals surface area contributed by atoms with Gasteiger partial charge in [-0.05, 0) is 36.8 Å². The number of piperazine rings is 1. The first-order chi connectivity index (χ1) is 9.40. The van der Waals surface area contributed by atoms with Crippen molar-refractivity contribution in [3.63, 3.8) is 0 Å². The molecule has 0 N–H and O–H groups in total. The SMILES string of the molecule is Cc1nc(=O)n(CC(=O)N2CCN(C)CC2)c(C)c1Br. The van der Waals surface area contributed by atoms with E-state index in [1.54, 1.807) is 11.8 Å². The molecule has 0 radical (unpaired) electrons. The van der Waals surface area contributed by atoms with Gasteiger partial charge in [-0.1, -0.05) is 0 Å². The fraction of sp³-hybridized carbons (Fsp3) is 0.615. The highest BCUT2D eigenvalue weighted by atomic mass is 79.9.